The fraction of sp³-hybridized carbons (Fsp3) is 1.00. The highest BCUT2D eigenvalue weighted by molar-refractivity contribution is 3.92. The van der Waals surface area contributed by atoms with Crippen LogP contribution in [-0.4, -0.2) is 0 Å². The topological polar surface area (TPSA) is 0 Å². The highest BCUT2D eigenvalue weighted by atomic mass is 13.4. The van der Waals surface area contributed by atoms with Crippen molar-refractivity contribution < 1.29 is 0 Å². The van der Waals surface area contributed by atoms with Gasteiger partial charge in [0.2, 0.25) is 0 Å². The van der Waals surface area contributed by atoms with Crippen LogP contribution < -0.4 is 0 Å². The standard InChI is InChI=1S/2C3H8.9CH4/c2*1-3-2;;;;;;;;;/h2*3H2,1-2H3;9*1H4. The third-order valence-corrected chi connectivity index (χ3v) is 0. The van der Waals surface area contributed by atoms with E-state index in [-0.39, 0.29) is 66.8 Å². The van der Waals surface area contributed by atoms with Crippen molar-refractivity contribution in [2.24, 2.45) is 0 Å². The van der Waals surface area contributed by atoms with Crippen LogP contribution in [0, 0.1) is 0 Å². The lowest BCUT2D eigenvalue weighted by Crippen LogP contribution is -1.27. The summed E-state index contributed by atoms with van der Waals surface area (Å²) in [7, 11) is 0. The molecule has 0 aromatic rings. The molecule has 0 nitrogen and oxygen atoms in total. The Labute approximate surface area is 108 Å². The van der Waals surface area contributed by atoms with Gasteiger partial charge in [0.25, 0.3) is 0 Å². The molecule has 0 unspecified atom stereocenters. The normalized spacial score (nSPS) is 2.40. The zero-order valence-electron chi connectivity index (χ0n) is 5.41. The van der Waals surface area contributed by atoms with Crippen molar-refractivity contribution in [2.45, 2.75) is 107 Å². The zero-order valence-corrected chi connectivity index (χ0v) is 5.41. The molecule has 0 radical (unpaired) electrons. The molecule has 0 heterocycles. The Bertz CT molecular complexity index is 2.00. The first-order valence-corrected chi connectivity index (χ1v) is 2.83. The largest absolute Gasteiger partial charge is 0.0776 e. The Hall–Kier alpha value is 0. The van der Waals surface area contributed by atoms with Gasteiger partial charge in [0, 0.05) is 0 Å². The quantitative estimate of drug-likeness (QED) is 0.392. The molecule has 0 atom stereocenters. The van der Waals surface area contributed by atoms with Gasteiger partial charge in [-0.3, -0.25) is 0 Å². The predicted octanol–water partition coefficient (Wildman–Crippen LogP) is 8.56. The lowest BCUT2D eigenvalue weighted by atomic mass is 10.6. The Morgan fingerprint density at radius 3 is 0.333 bits per heavy atom. The molecular formula is C15H52. The van der Waals surface area contributed by atoms with Gasteiger partial charge in [0.1, 0.15) is 0 Å². The maximum atomic E-state index is 2.12. The van der Waals surface area contributed by atoms with Crippen LogP contribution in [0.25, 0.3) is 0 Å². The van der Waals surface area contributed by atoms with Crippen molar-refractivity contribution in [3.05, 3.63) is 0 Å². The average molecular weight is 233 g/mol. The first-order valence-electron chi connectivity index (χ1n) is 2.83. The molecule has 0 rings (SSSR count). The van der Waals surface area contributed by atoms with Gasteiger partial charge in [-0.2, -0.15) is 0 Å². The summed E-state index contributed by atoms with van der Waals surface area (Å²) in [5.74, 6) is 0. The minimum atomic E-state index is 0. The summed E-state index contributed by atoms with van der Waals surface area (Å²) < 4.78 is 0. The lowest BCUT2D eigenvalue weighted by Gasteiger charge is -1.48. The second-order valence-corrected chi connectivity index (χ2v) is 1.41. The van der Waals surface area contributed by atoms with Crippen LogP contribution >= 0.6 is 0 Å². The number of hydrogen-bond donors (Lipinski definition) is 0. The van der Waals surface area contributed by atoms with Crippen LogP contribution in [0.1, 0.15) is 107 Å². The van der Waals surface area contributed by atoms with Crippen molar-refractivity contribution in [2.75, 3.05) is 0 Å². The third kappa shape index (κ3) is 0. The van der Waals surface area contributed by atoms with Gasteiger partial charge in [0.15, 0.2) is 0 Å². The second kappa shape index (κ2) is 592. The van der Waals surface area contributed by atoms with Crippen LogP contribution in [-0.2, 0) is 0 Å². The fourth-order valence-corrected chi connectivity index (χ4v) is 0. The molecule has 0 fully saturated rings. The highest BCUT2D eigenvalue weighted by Gasteiger charge is 1.36. The molecule has 0 heteroatoms. The Morgan fingerprint density at radius 2 is 0.333 bits per heavy atom. The number of hydrogen-bond acceptors (Lipinski definition) is 0. The SMILES string of the molecule is C.C.C.C.C.C.C.C.C.CCC.CCC. The van der Waals surface area contributed by atoms with Crippen molar-refractivity contribution in [3.8, 4) is 0 Å². The molecule has 0 aliphatic heterocycles. The van der Waals surface area contributed by atoms with Crippen LogP contribution in [0.5, 0.6) is 0 Å². The van der Waals surface area contributed by atoms with E-state index in [2.05, 4.69) is 27.7 Å². The lowest BCUT2D eigenvalue weighted by molar-refractivity contribution is 1.09. The number of rotatable bonds is 0. The molecule has 0 amide bonds. The summed E-state index contributed by atoms with van der Waals surface area (Å²) in [5, 5.41) is 0. The van der Waals surface area contributed by atoms with Crippen LogP contribution in [0.15, 0.2) is 0 Å². The van der Waals surface area contributed by atoms with Gasteiger partial charge in [-0.25, -0.2) is 0 Å². The molecule has 112 valence electrons. The van der Waals surface area contributed by atoms with E-state index in [0.717, 1.165) is 0 Å². The third-order valence-electron chi connectivity index (χ3n) is 0. The molecule has 0 spiro atoms. The van der Waals surface area contributed by atoms with Gasteiger partial charge in [-0.05, 0) is 0 Å². The van der Waals surface area contributed by atoms with E-state index in [1.807, 2.05) is 0 Å². The fourth-order valence-electron chi connectivity index (χ4n) is 0. The van der Waals surface area contributed by atoms with Gasteiger partial charge in [-0.1, -0.05) is 107 Å². The van der Waals surface area contributed by atoms with Gasteiger partial charge < -0.3 is 0 Å². The summed E-state index contributed by atoms with van der Waals surface area (Å²) in [6.45, 7) is 8.50. The van der Waals surface area contributed by atoms with E-state index in [1.54, 1.807) is 0 Å². The molecule has 0 aromatic heterocycles. The maximum absolute atomic E-state index is 2.12. The monoisotopic (exact) mass is 232 g/mol. The second-order valence-electron chi connectivity index (χ2n) is 1.41. The first kappa shape index (κ1) is 184. The minimum absolute atomic E-state index is 0. The van der Waals surface area contributed by atoms with Crippen molar-refractivity contribution in [1.82, 2.24) is 0 Å². The molecule has 0 saturated carbocycles. The predicted molar refractivity (Wildman–Crippen MR) is 92.5 cm³/mol. The minimum Gasteiger partial charge on any atom is -0.0776 e. The van der Waals surface area contributed by atoms with Crippen LogP contribution in [0.2, 0.25) is 0 Å². The Balaban J connectivity index is -0.00000000148. The zero-order chi connectivity index (χ0) is 5.41. The summed E-state index contributed by atoms with van der Waals surface area (Å²) in [5.41, 5.74) is 0. The first-order chi connectivity index (χ1) is 2.83. The summed E-state index contributed by atoms with van der Waals surface area (Å²) in [6, 6.07) is 0. The van der Waals surface area contributed by atoms with E-state index >= 15 is 0 Å². The summed E-state index contributed by atoms with van der Waals surface area (Å²) in [6.07, 6.45) is 2.50. The van der Waals surface area contributed by atoms with Gasteiger partial charge in [-0.15, -0.1) is 0 Å². The molecule has 0 aromatic carbocycles. The maximum Gasteiger partial charge on any atom is -0.0590 e. The van der Waals surface area contributed by atoms with Crippen molar-refractivity contribution in [3.63, 3.8) is 0 Å². The van der Waals surface area contributed by atoms with E-state index in [9.17, 15) is 0 Å². The summed E-state index contributed by atoms with van der Waals surface area (Å²) >= 11 is 0. The molecule has 0 aliphatic carbocycles. The smallest absolute Gasteiger partial charge is 0.0590 e. The Morgan fingerprint density at radius 1 is 0.333 bits per heavy atom. The molecule has 0 N–H and O–H groups in total. The Kier molecular flexibility index (Phi) is 7250. The average Bonchev–Trinajstić information content (AvgIpc) is 1.39. The van der Waals surface area contributed by atoms with E-state index < -0.39 is 0 Å². The van der Waals surface area contributed by atoms with Gasteiger partial charge >= 0.3 is 0 Å². The van der Waals surface area contributed by atoms with Crippen LogP contribution in [0.3, 0.4) is 0 Å². The van der Waals surface area contributed by atoms with Crippen LogP contribution in [0.4, 0.5) is 0 Å². The molecule has 0 saturated heterocycles. The molecular weight excluding hydrogens is 180 g/mol. The highest BCUT2D eigenvalue weighted by Crippen LogP contribution is 1.56. The molecule has 15 heavy (non-hydrogen) atoms. The van der Waals surface area contributed by atoms with E-state index in [0.29, 0.717) is 0 Å². The van der Waals surface area contributed by atoms with Crippen molar-refractivity contribution in [1.29, 1.82) is 0 Å². The molecule has 0 bridgehead atoms. The molecule has 0 aliphatic rings. The van der Waals surface area contributed by atoms with Crippen molar-refractivity contribution >= 4 is 0 Å². The van der Waals surface area contributed by atoms with E-state index in [4.69, 9.17) is 0 Å². The van der Waals surface area contributed by atoms with E-state index in [1.165, 1.54) is 12.8 Å². The summed E-state index contributed by atoms with van der Waals surface area (Å²) in [4.78, 5) is 0. The van der Waals surface area contributed by atoms with Gasteiger partial charge in [0.05, 0.1) is 0 Å².